The van der Waals surface area contributed by atoms with E-state index in [1.54, 1.807) is 16.7 Å². The smallest absolute Gasteiger partial charge is 0.284 e. The minimum atomic E-state index is -0.564. The van der Waals surface area contributed by atoms with Gasteiger partial charge in [0.1, 0.15) is 6.54 Å². The Morgan fingerprint density at radius 3 is 2.67 bits per heavy atom. The molecule has 0 atom stereocenters. The number of pyridine rings is 1. The number of azo groups is 1. The molecule has 1 amide bonds. The number of hydrogen-bond acceptors (Lipinski definition) is 4. The number of carbonyl (C=O) groups excluding carboxylic acids is 1. The van der Waals surface area contributed by atoms with E-state index >= 15 is 0 Å². The first-order chi connectivity index (χ1) is 13.1. The zero-order chi connectivity index (χ0) is 19.2. The number of fused-ring (bicyclic) bond motifs is 1. The van der Waals surface area contributed by atoms with Crippen molar-refractivity contribution in [1.29, 1.82) is 0 Å². The van der Waals surface area contributed by atoms with E-state index < -0.39 is 5.91 Å². The molecule has 0 spiro atoms. The van der Waals surface area contributed by atoms with Crippen molar-refractivity contribution in [2.45, 2.75) is 39.3 Å². The first kappa shape index (κ1) is 18.6. The quantitative estimate of drug-likeness (QED) is 0.506. The highest BCUT2D eigenvalue weighted by atomic mass is 16.3. The summed E-state index contributed by atoms with van der Waals surface area (Å²) in [4.78, 5) is 23.8. The molecule has 0 radical (unpaired) electrons. The Kier molecular flexibility index (Phi) is 5.80. The van der Waals surface area contributed by atoms with Crippen LogP contribution in [0.1, 0.15) is 26.2 Å². The second-order valence-corrected chi connectivity index (χ2v) is 6.31. The number of aryl methyl sites for hydroxylation is 1. The molecule has 0 fully saturated rings. The number of rotatable bonds is 7. The van der Waals surface area contributed by atoms with Gasteiger partial charge < -0.3 is 14.2 Å². The van der Waals surface area contributed by atoms with Gasteiger partial charge in [-0.25, -0.2) is 0 Å². The molecule has 0 aliphatic heterocycles. The molecule has 0 saturated heterocycles. The van der Waals surface area contributed by atoms with Crippen LogP contribution < -0.4 is 5.56 Å². The van der Waals surface area contributed by atoms with Crippen LogP contribution in [0.3, 0.4) is 0 Å². The van der Waals surface area contributed by atoms with Gasteiger partial charge in [0, 0.05) is 24.2 Å². The predicted octanol–water partition coefficient (Wildman–Crippen LogP) is 4.01. The monoisotopic (exact) mass is 366 g/mol. The number of carbonyl (C=O) groups is 1. The summed E-state index contributed by atoms with van der Waals surface area (Å²) in [5.74, 6) is -0.564. The predicted molar refractivity (Wildman–Crippen MR) is 103 cm³/mol. The van der Waals surface area contributed by atoms with E-state index in [2.05, 4.69) is 17.2 Å². The molecule has 2 aromatic heterocycles. The number of aromatic nitrogens is 2. The highest BCUT2D eigenvalue weighted by molar-refractivity contribution is 5.95. The maximum absolute atomic E-state index is 12.1. The molecule has 140 valence electrons. The second-order valence-electron chi connectivity index (χ2n) is 6.31. The van der Waals surface area contributed by atoms with E-state index in [0.29, 0.717) is 6.54 Å². The van der Waals surface area contributed by atoms with Gasteiger partial charge in [-0.3, -0.25) is 9.59 Å². The molecule has 0 unspecified atom stereocenters. The Labute approximate surface area is 156 Å². The molecular formula is C20H22N4O3. The molecule has 3 rings (SSSR count). The summed E-state index contributed by atoms with van der Waals surface area (Å²) in [7, 11) is 0. The van der Waals surface area contributed by atoms with Crippen molar-refractivity contribution in [1.82, 2.24) is 9.13 Å². The van der Waals surface area contributed by atoms with Crippen LogP contribution >= 0.6 is 0 Å². The van der Waals surface area contributed by atoms with Gasteiger partial charge in [-0.05, 0) is 18.6 Å². The number of para-hydroxylation sites is 1. The van der Waals surface area contributed by atoms with E-state index in [9.17, 15) is 14.7 Å². The maximum atomic E-state index is 12.1. The van der Waals surface area contributed by atoms with Crippen LogP contribution in [0, 0.1) is 0 Å². The number of hydrogen-bond donors (Lipinski definition) is 1. The summed E-state index contributed by atoms with van der Waals surface area (Å²) in [5, 5.41) is 19.0. The number of aromatic hydroxyl groups is 1. The fraction of sp³-hybridized carbons (Fsp3) is 0.300. The molecule has 7 heteroatoms. The summed E-state index contributed by atoms with van der Waals surface area (Å²) in [5.41, 5.74) is 0.846. The molecule has 7 nitrogen and oxygen atoms in total. The second kappa shape index (κ2) is 8.44. The van der Waals surface area contributed by atoms with E-state index in [1.807, 2.05) is 24.3 Å². The van der Waals surface area contributed by atoms with E-state index in [0.717, 1.165) is 30.2 Å². The van der Waals surface area contributed by atoms with Crippen LogP contribution in [0.5, 0.6) is 5.88 Å². The van der Waals surface area contributed by atoms with E-state index in [-0.39, 0.29) is 23.7 Å². The van der Waals surface area contributed by atoms with Crippen molar-refractivity contribution in [3.05, 3.63) is 59.0 Å². The summed E-state index contributed by atoms with van der Waals surface area (Å²) in [6.07, 6.45) is 4.61. The lowest BCUT2D eigenvalue weighted by Crippen LogP contribution is -2.21. The minimum absolute atomic E-state index is 0.000677. The van der Waals surface area contributed by atoms with Gasteiger partial charge in [0.15, 0.2) is 5.69 Å². The molecule has 0 saturated carbocycles. The van der Waals surface area contributed by atoms with E-state index in [1.165, 1.54) is 16.8 Å². The maximum Gasteiger partial charge on any atom is 0.284 e. The Morgan fingerprint density at radius 2 is 1.89 bits per heavy atom. The van der Waals surface area contributed by atoms with Crippen LogP contribution in [0.15, 0.2) is 63.7 Å². The number of unbranched alkanes of at least 4 members (excludes halogenated alkanes) is 2. The number of benzene rings is 1. The molecule has 3 aromatic rings. The van der Waals surface area contributed by atoms with Crippen molar-refractivity contribution < 1.29 is 9.90 Å². The van der Waals surface area contributed by atoms with Gasteiger partial charge in [0.2, 0.25) is 5.88 Å². The largest absolute Gasteiger partial charge is 0.493 e. The fourth-order valence-electron chi connectivity index (χ4n) is 2.99. The van der Waals surface area contributed by atoms with Crippen LogP contribution in [-0.2, 0) is 17.9 Å². The number of nitrogens with zero attached hydrogens (tertiary/aromatic N) is 4. The Bertz CT molecular complexity index is 1030. The first-order valence-corrected chi connectivity index (χ1v) is 9.02. The zero-order valence-corrected chi connectivity index (χ0v) is 15.2. The summed E-state index contributed by atoms with van der Waals surface area (Å²) < 4.78 is 3.06. The molecule has 0 aliphatic carbocycles. The van der Waals surface area contributed by atoms with Gasteiger partial charge >= 0.3 is 0 Å². The lowest BCUT2D eigenvalue weighted by atomic mass is 10.2. The lowest BCUT2D eigenvalue weighted by molar-refractivity contribution is -0.118. The normalized spacial score (nSPS) is 11.4. The third-order valence-electron chi connectivity index (χ3n) is 4.37. The molecule has 2 heterocycles. The average molecular weight is 366 g/mol. The van der Waals surface area contributed by atoms with Gasteiger partial charge in [0.05, 0.1) is 5.52 Å². The Balaban J connectivity index is 1.86. The molecule has 1 N–H and O–H groups in total. The van der Waals surface area contributed by atoms with Crippen molar-refractivity contribution >= 4 is 22.5 Å². The summed E-state index contributed by atoms with van der Waals surface area (Å²) >= 11 is 0. The molecule has 27 heavy (non-hydrogen) atoms. The van der Waals surface area contributed by atoms with Gasteiger partial charge in [-0.1, -0.05) is 44.0 Å². The third kappa shape index (κ3) is 4.13. The average Bonchev–Trinajstić information content (AvgIpc) is 2.94. The van der Waals surface area contributed by atoms with Gasteiger partial charge in [-0.15, -0.1) is 10.2 Å². The Hall–Kier alpha value is -3.22. The zero-order valence-electron chi connectivity index (χ0n) is 15.2. The topological polar surface area (TPSA) is 88.9 Å². The van der Waals surface area contributed by atoms with E-state index in [4.69, 9.17) is 0 Å². The SMILES string of the molecule is CCCCCn1c(O)c(N=NC(=O)Cn2ccccc2=O)c2ccccc21. The van der Waals surface area contributed by atoms with Crippen molar-refractivity contribution in [2.24, 2.45) is 10.2 Å². The number of amides is 1. The van der Waals surface area contributed by atoms with Crippen LogP contribution in [0.4, 0.5) is 5.69 Å². The van der Waals surface area contributed by atoms with Gasteiger partial charge in [-0.2, -0.15) is 0 Å². The molecule has 0 aliphatic rings. The standard InChI is InChI=1S/C20H22N4O3/c1-2-3-7-13-24-16-10-5-4-9-15(16)19(20(24)27)22-21-17(25)14-23-12-8-6-11-18(23)26/h4-6,8-12,27H,2-3,7,13-14H2,1H3. The van der Waals surface area contributed by atoms with Crippen LogP contribution in [-0.4, -0.2) is 20.1 Å². The lowest BCUT2D eigenvalue weighted by Gasteiger charge is -2.05. The highest BCUT2D eigenvalue weighted by Crippen LogP contribution is 2.39. The minimum Gasteiger partial charge on any atom is -0.493 e. The Morgan fingerprint density at radius 1 is 1.11 bits per heavy atom. The fourth-order valence-corrected chi connectivity index (χ4v) is 2.99. The van der Waals surface area contributed by atoms with Gasteiger partial charge in [0.25, 0.3) is 11.5 Å². The van der Waals surface area contributed by atoms with Crippen molar-refractivity contribution in [3.63, 3.8) is 0 Å². The van der Waals surface area contributed by atoms with Crippen molar-refractivity contribution in [3.8, 4) is 5.88 Å². The summed E-state index contributed by atoms with van der Waals surface area (Å²) in [6, 6.07) is 12.1. The van der Waals surface area contributed by atoms with Crippen LogP contribution in [0.25, 0.3) is 10.9 Å². The van der Waals surface area contributed by atoms with Crippen molar-refractivity contribution in [2.75, 3.05) is 0 Å². The first-order valence-electron chi connectivity index (χ1n) is 9.02. The van der Waals surface area contributed by atoms with Crippen LogP contribution in [0.2, 0.25) is 0 Å². The molecule has 0 bridgehead atoms. The summed E-state index contributed by atoms with van der Waals surface area (Å²) in [6.45, 7) is 2.60. The molecular weight excluding hydrogens is 344 g/mol. The highest BCUT2D eigenvalue weighted by Gasteiger charge is 2.16. The molecule has 1 aromatic carbocycles. The third-order valence-corrected chi connectivity index (χ3v) is 4.37.